The van der Waals surface area contributed by atoms with E-state index in [1.807, 2.05) is 11.0 Å². The van der Waals surface area contributed by atoms with Gasteiger partial charge in [0.1, 0.15) is 11.9 Å². The van der Waals surface area contributed by atoms with Crippen LogP contribution >= 0.6 is 0 Å². The van der Waals surface area contributed by atoms with E-state index in [9.17, 15) is 13.6 Å². The normalized spacial score (nSPS) is 22.1. The van der Waals surface area contributed by atoms with Gasteiger partial charge in [0.05, 0.1) is 12.2 Å². The van der Waals surface area contributed by atoms with E-state index >= 15 is 0 Å². The molecule has 8 nitrogen and oxygen atoms in total. The van der Waals surface area contributed by atoms with Gasteiger partial charge in [0.15, 0.2) is 5.82 Å². The fraction of sp³-hybridized carbons (Fsp3) is 0.636. The van der Waals surface area contributed by atoms with Gasteiger partial charge in [-0.2, -0.15) is 10.1 Å². The van der Waals surface area contributed by atoms with Gasteiger partial charge in [-0.3, -0.25) is 9.89 Å². The maximum atomic E-state index is 13.7. The molecule has 5 rings (SSSR count). The summed E-state index contributed by atoms with van der Waals surface area (Å²) in [4.78, 5) is 25.8. The first kappa shape index (κ1) is 21.1. The number of aromatic amines is 1. The Morgan fingerprint density at radius 3 is 2.81 bits per heavy atom. The van der Waals surface area contributed by atoms with E-state index in [0.29, 0.717) is 30.6 Å². The number of hydrogen-bond acceptors (Lipinski definition) is 6. The highest BCUT2D eigenvalue weighted by atomic mass is 19.3. The van der Waals surface area contributed by atoms with Crippen LogP contribution in [0.15, 0.2) is 6.07 Å². The number of H-pyrrole nitrogens is 1. The van der Waals surface area contributed by atoms with Crippen LogP contribution in [0, 0.1) is 0 Å². The monoisotopic (exact) mass is 445 g/mol. The molecule has 1 amide bonds. The van der Waals surface area contributed by atoms with Gasteiger partial charge in [0, 0.05) is 36.8 Å². The zero-order chi connectivity index (χ0) is 22.5. The number of fused-ring (bicyclic) bond motifs is 1. The lowest BCUT2D eigenvalue weighted by atomic mass is 10.1. The lowest BCUT2D eigenvalue weighted by Gasteiger charge is -2.28. The van der Waals surface area contributed by atoms with Gasteiger partial charge >= 0.3 is 0 Å². The number of halogens is 2. The largest absolute Gasteiger partial charge is 0.335 e. The number of aryl methyl sites for hydroxylation is 1. The lowest BCUT2D eigenvalue weighted by Crippen LogP contribution is -2.46. The van der Waals surface area contributed by atoms with Crippen molar-refractivity contribution < 1.29 is 13.6 Å². The Morgan fingerprint density at radius 1 is 1.25 bits per heavy atom. The number of alkyl halides is 2. The van der Waals surface area contributed by atoms with E-state index in [1.165, 1.54) is 4.90 Å². The number of anilines is 3. The van der Waals surface area contributed by atoms with Crippen molar-refractivity contribution in [3.05, 3.63) is 23.0 Å². The molecule has 10 heteroatoms. The summed E-state index contributed by atoms with van der Waals surface area (Å²) in [5.41, 5.74) is 3.11. The standard InChI is InChI=1S/C22H29F2N7O/c1-13(2)16-11-18(29-28-16)26-19-14-5-3-6-15(14)25-21(27-19)31-9-4-7-17(31)20(32)30-10-8-22(23,24)12-30/h11,13,17H,3-10,12H2,1-2H3,(H2,25,26,27,28,29)/t17-/m1/s1. The molecule has 2 fully saturated rings. The summed E-state index contributed by atoms with van der Waals surface area (Å²) >= 11 is 0. The van der Waals surface area contributed by atoms with Crippen molar-refractivity contribution in [1.82, 2.24) is 25.1 Å². The highest BCUT2D eigenvalue weighted by molar-refractivity contribution is 5.86. The fourth-order valence-electron chi connectivity index (χ4n) is 4.87. The minimum Gasteiger partial charge on any atom is -0.335 e. The molecule has 172 valence electrons. The van der Waals surface area contributed by atoms with E-state index in [2.05, 4.69) is 29.4 Å². The van der Waals surface area contributed by atoms with Crippen LogP contribution in [0.2, 0.25) is 0 Å². The van der Waals surface area contributed by atoms with Crippen LogP contribution in [0.1, 0.15) is 62.4 Å². The van der Waals surface area contributed by atoms with Crippen molar-refractivity contribution >= 4 is 23.5 Å². The van der Waals surface area contributed by atoms with E-state index in [-0.39, 0.29) is 18.9 Å². The van der Waals surface area contributed by atoms with Crippen LogP contribution in [-0.4, -0.2) is 62.6 Å². The average Bonchev–Trinajstić information content (AvgIpc) is 3.53. The topological polar surface area (TPSA) is 90.0 Å². The lowest BCUT2D eigenvalue weighted by molar-refractivity contribution is -0.132. The number of nitrogens with one attached hydrogen (secondary N) is 2. The summed E-state index contributed by atoms with van der Waals surface area (Å²) in [6, 6.07) is 1.48. The van der Waals surface area contributed by atoms with Gasteiger partial charge in [-0.25, -0.2) is 13.8 Å². The number of likely N-dealkylation sites (tertiary alicyclic amines) is 1. The number of amides is 1. The van der Waals surface area contributed by atoms with Crippen LogP contribution in [0.3, 0.4) is 0 Å². The molecule has 2 N–H and O–H groups in total. The molecular formula is C22H29F2N7O. The van der Waals surface area contributed by atoms with Crippen molar-refractivity contribution in [3.8, 4) is 0 Å². The third-order valence-electron chi connectivity index (χ3n) is 6.66. The van der Waals surface area contributed by atoms with Crippen LogP contribution in [-0.2, 0) is 17.6 Å². The van der Waals surface area contributed by atoms with E-state index in [4.69, 9.17) is 9.97 Å². The Kier molecular flexibility index (Phi) is 5.25. The molecule has 4 heterocycles. The van der Waals surface area contributed by atoms with E-state index in [1.54, 1.807) is 0 Å². The first-order chi connectivity index (χ1) is 15.3. The van der Waals surface area contributed by atoms with Crippen molar-refractivity contribution in [2.45, 2.75) is 70.3 Å². The second-order valence-corrected chi connectivity index (χ2v) is 9.36. The quantitative estimate of drug-likeness (QED) is 0.733. The fourth-order valence-corrected chi connectivity index (χ4v) is 4.87. The number of rotatable bonds is 5. The molecular weight excluding hydrogens is 416 g/mol. The predicted octanol–water partition coefficient (Wildman–Crippen LogP) is 3.39. The maximum Gasteiger partial charge on any atom is 0.267 e. The summed E-state index contributed by atoms with van der Waals surface area (Å²) in [5.74, 6) is -0.796. The van der Waals surface area contributed by atoms with Crippen LogP contribution in [0.25, 0.3) is 0 Å². The minimum atomic E-state index is -2.79. The second-order valence-electron chi connectivity index (χ2n) is 9.36. The Labute approximate surface area is 185 Å². The number of carbonyl (C=O) groups is 1. The average molecular weight is 446 g/mol. The summed E-state index contributed by atoms with van der Waals surface area (Å²) < 4.78 is 27.3. The Hall–Kier alpha value is -2.78. The molecule has 2 aromatic rings. The van der Waals surface area contributed by atoms with Crippen LogP contribution < -0.4 is 10.2 Å². The highest BCUT2D eigenvalue weighted by Gasteiger charge is 2.44. The maximum absolute atomic E-state index is 13.7. The van der Waals surface area contributed by atoms with Crippen molar-refractivity contribution in [3.63, 3.8) is 0 Å². The zero-order valence-electron chi connectivity index (χ0n) is 18.5. The minimum absolute atomic E-state index is 0.103. The molecule has 0 radical (unpaired) electrons. The number of carbonyl (C=O) groups excluding carboxylic acids is 1. The molecule has 2 aromatic heterocycles. The SMILES string of the molecule is CC(C)c1cc(Nc2nc(N3CCC[C@@H]3C(=O)N3CCC(F)(F)C3)nc3c2CCC3)n[nH]1. The zero-order valence-corrected chi connectivity index (χ0v) is 18.5. The smallest absolute Gasteiger partial charge is 0.267 e. The van der Waals surface area contributed by atoms with E-state index < -0.39 is 18.5 Å². The first-order valence-corrected chi connectivity index (χ1v) is 11.5. The molecule has 32 heavy (non-hydrogen) atoms. The van der Waals surface area contributed by atoms with Crippen LogP contribution in [0.5, 0.6) is 0 Å². The van der Waals surface area contributed by atoms with Gasteiger partial charge < -0.3 is 15.1 Å². The van der Waals surface area contributed by atoms with Gasteiger partial charge in [-0.05, 0) is 38.0 Å². The van der Waals surface area contributed by atoms with Gasteiger partial charge in [-0.1, -0.05) is 13.8 Å². The Balaban J connectivity index is 1.41. The molecule has 2 saturated heterocycles. The summed E-state index contributed by atoms with van der Waals surface area (Å²) in [6.45, 7) is 4.44. The molecule has 2 aliphatic heterocycles. The molecule has 3 aliphatic rings. The third-order valence-corrected chi connectivity index (χ3v) is 6.66. The van der Waals surface area contributed by atoms with E-state index in [0.717, 1.165) is 48.5 Å². The highest BCUT2D eigenvalue weighted by Crippen LogP contribution is 2.34. The third kappa shape index (κ3) is 3.91. The molecule has 0 bridgehead atoms. The van der Waals surface area contributed by atoms with Gasteiger partial charge in [0.2, 0.25) is 11.9 Å². The van der Waals surface area contributed by atoms with Crippen LogP contribution in [0.4, 0.5) is 26.4 Å². The van der Waals surface area contributed by atoms with Gasteiger partial charge in [-0.15, -0.1) is 0 Å². The number of hydrogen-bond donors (Lipinski definition) is 2. The second kappa shape index (κ2) is 7.97. The Morgan fingerprint density at radius 2 is 2.09 bits per heavy atom. The number of aromatic nitrogens is 4. The first-order valence-electron chi connectivity index (χ1n) is 11.5. The summed E-state index contributed by atoms with van der Waals surface area (Å²) in [6.07, 6.45) is 3.93. The van der Waals surface area contributed by atoms with Crippen molar-refractivity contribution in [2.75, 3.05) is 29.9 Å². The van der Waals surface area contributed by atoms with Crippen molar-refractivity contribution in [2.24, 2.45) is 0 Å². The van der Waals surface area contributed by atoms with Crippen molar-refractivity contribution in [1.29, 1.82) is 0 Å². The number of nitrogens with zero attached hydrogens (tertiary/aromatic N) is 5. The molecule has 1 atom stereocenters. The Bertz CT molecular complexity index is 1020. The molecule has 0 aromatic carbocycles. The molecule has 0 unspecified atom stereocenters. The predicted molar refractivity (Wildman–Crippen MR) is 117 cm³/mol. The van der Waals surface area contributed by atoms with Gasteiger partial charge in [0.25, 0.3) is 5.92 Å². The molecule has 0 saturated carbocycles. The summed E-state index contributed by atoms with van der Waals surface area (Å²) in [7, 11) is 0. The molecule has 0 spiro atoms. The summed E-state index contributed by atoms with van der Waals surface area (Å²) in [5, 5.41) is 10.7. The molecule has 1 aliphatic carbocycles.